The predicted molar refractivity (Wildman–Crippen MR) is 63.7 cm³/mol. The minimum absolute atomic E-state index is 0.200. The van der Waals surface area contributed by atoms with Crippen LogP contribution in [0.3, 0.4) is 0 Å². The largest absolute Gasteiger partial charge is 0.477 e. The van der Waals surface area contributed by atoms with Crippen molar-refractivity contribution in [2.75, 3.05) is 5.32 Å². The zero-order chi connectivity index (χ0) is 15.8. The molecular weight excluding hydrogens is 319 g/mol. The predicted octanol–water partition coefficient (Wildman–Crippen LogP) is 3.88. The van der Waals surface area contributed by atoms with E-state index in [0.29, 0.717) is 6.07 Å². The lowest BCUT2D eigenvalue weighted by molar-refractivity contribution is -0.141. The molecule has 0 atom stereocenters. The first-order chi connectivity index (χ1) is 9.68. The molecular formula is C11H5F5N2O2S. The molecule has 0 saturated carbocycles. The van der Waals surface area contributed by atoms with Gasteiger partial charge in [0.15, 0.2) is 10.8 Å². The number of aromatic carboxylic acids is 1. The Morgan fingerprint density at radius 2 is 1.95 bits per heavy atom. The van der Waals surface area contributed by atoms with Crippen molar-refractivity contribution in [1.82, 2.24) is 4.98 Å². The monoisotopic (exact) mass is 324 g/mol. The van der Waals surface area contributed by atoms with Gasteiger partial charge in [0.05, 0.1) is 5.69 Å². The van der Waals surface area contributed by atoms with Gasteiger partial charge in [0.1, 0.15) is 16.5 Å². The summed E-state index contributed by atoms with van der Waals surface area (Å²) in [6.07, 6.45) is -4.95. The summed E-state index contributed by atoms with van der Waals surface area (Å²) in [4.78, 5) is 12.8. The summed E-state index contributed by atoms with van der Waals surface area (Å²) in [6.45, 7) is 0. The highest BCUT2D eigenvalue weighted by Gasteiger charge is 2.39. The fraction of sp³-hybridized carbons (Fsp3) is 0.0909. The Hall–Kier alpha value is -2.23. The summed E-state index contributed by atoms with van der Waals surface area (Å²) in [5.74, 6) is -3.71. The molecule has 0 saturated heterocycles. The summed E-state index contributed by atoms with van der Waals surface area (Å²) in [5.41, 5.74) is -1.90. The van der Waals surface area contributed by atoms with Gasteiger partial charge in [-0.1, -0.05) is 11.3 Å². The molecule has 0 unspecified atom stereocenters. The molecule has 4 nitrogen and oxygen atoms in total. The van der Waals surface area contributed by atoms with Crippen LogP contribution in [0.2, 0.25) is 0 Å². The molecule has 0 fully saturated rings. The third kappa shape index (κ3) is 3.27. The first-order valence-corrected chi connectivity index (χ1v) is 6.03. The Morgan fingerprint density at radius 3 is 2.43 bits per heavy atom. The number of alkyl halides is 3. The number of halogens is 5. The van der Waals surface area contributed by atoms with Gasteiger partial charge in [-0.25, -0.2) is 18.6 Å². The molecule has 1 aromatic heterocycles. The minimum atomic E-state index is -4.95. The van der Waals surface area contributed by atoms with Crippen molar-refractivity contribution < 1.29 is 31.9 Å². The van der Waals surface area contributed by atoms with Crippen LogP contribution in [0.15, 0.2) is 18.2 Å². The van der Waals surface area contributed by atoms with Crippen molar-refractivity contribution in [3.05, 3.63) is 40.4 Å². The smallest absolute Gasteiger partial charge is 0.435 e. The third-order valence-electron chi connectivity index (χ3n) is 2.26. The summed E-state index contributed by atoms with van der Waals surface area (Å²) in [7, 11) is 0. The Kier molecular flexibility index (Phi) is 3.81. The fourth-order valence-corrected chi connectivity index (χ4v) is 2.25. The molecule has 0 aliphatic heterocycles. The first kappa shape index (κ1) is 15.2. The van der Waals surface area contributed by atoms with Gasteiger partial charge in [-0.3, -0.25) is 0 Å². The highest BCUT2D eigenvalue weighted by atomic mass is 32.1. The molecule has 21 heavy (non-hydrogen) atoms. The lowest BCUT2D eigenvalue weighted by Gasteiger charge is -2.04. The summed E-state index contributed by atoms with van der Waals surface area (Å²) >= 11 is 0.200. The molecule has 0 aliphatic rings. The number of thiazole rings is 1. The van der Waals surface area contributed by atoms with Crippen LogP contribution in [0.5, 0.6) is 0 Å². The maximum Gasteiger partial charge on any atom is 0.435 e. The summed E-state index contributed by atoms with van der Waals surface area (Å²) in [6, 6.07) is 2.38. The normalized spacial score (nSPS) is 11.5. The zero-order valence-electron chi connectivity index (χ0n) is 9.83. The van der Waals surface area contributed by atoms with Crippen molar-refractivity contribution in [2.45, 2.75) is 6.18 Å². The van der Waals surface area contributed by atoms with Gasteiger partial charge in [0.2, 0.25) is 0 Å². The number of carboxylic acids is 1. The fourth-order valence-electron chi connectivity index (χ4n) is 1.42. The minimum Gasteiger partial charge on any atom is -0.477 e. The highest BCUT2D eigenvalue weighted by molar-refractivity contribution is 7.17. The van der Waals surface area contributed by atoms with Gasteiger partial charge in [-0.2, -0.15) is 13.2 Å². The molecule has 0 radical (unpaired) electrons. The van der Waals surface area contributed by atoms with Crippen LogP contribution in [0.4, 0.5) is 32.8 Å². The Labute approximate surface area is 117 Å². The SMILES string of the molecule is O=C(O)c1sc(Nc2ccc(F)cc2F)nc1C(F)(F)F. The van der Waals surface area contributed by atoms with Gasteiger partial charge in [-0.05, 0) is 12.1 Å². The molecule has 2 rings (SSSR count). The average Bonchev–Trinajstić information content (AvgIpc) is 2.77. The number of rotatable bonds is 3. The second-order valence-electron chi connectivity index (χ2n) is 3.75. The Bertz CT molecular complexity index is 698. The molecule has 2 N–H and O–H groups in total. The van der Waals surface area contributed by atoms with Crippen LogP contribution in [0, 0.1) is 11.6 Å². The van der Waals surface area contributed by atoms with Gasteiger partial charge in [-0.15, -0.1) is 0 Å². The van der Waals surface area contributed by atoms with Gasteiger partial charge in [0.25, 0.3) is 0 Å². The molecule has 0 bridgehead atoms. The van der Waals surface area contributed by atoms with E-state index >= 15 is 0 Å². The maximum absolute atomic E-state index is 13.4. The first-order valence-electron chi connectivity index (χ1n) is 5.22. The van der Waals surface area contributed by atoms with Crippen molar-refractivity contribution in [3.8, 4) is 0 Å². The van der Waals surface area contributed by atoms with E-state index in [4.69, 9.17) is 5.11 Å². The summed E-state index contributed by atoms with van der Waals surface area (Å²) in [5, 5.41) is 10.4. The number of benzene rings is 1. The van der Waals surface area contributed by atoms with E-state index in [-0.39, 0.29) is 17.0 Å². The number of hydrogen-bond acceptors (Lipinski definition) is 4. The second kappa shape index (κ2) is 5.28. The van der Waals surface area contributed by atoms with E-state index in [0.717, 1.165) is 12.1 Å². The number of carboxylic acid groups (broad SMARTS) is 1. The van der Waals surface area contributed by atoms with E-state index in [1.54, 1.807) is 0 Å². The number of nitrogens with zero attached hydrogens (tertiary/aromatic N) is 1. The van der Waals surface area contributed by atoms with Crippen molar-refractivity contribution in [1.29, 1.82) is 0 Å². The van der Waals surface area contributed by atoms with Crippen molar-refractivity contribution in [3.63, 3.8) is 0 Å². The van der Waals surface area contributed by atoms with E-state index in [1.165, 1.54) is 0 Å². The van der Waals surface area contributed by atoms with Gasteiger partial charge >= 0.3 is 12.1 Å². The number of hydrogen-bond donors (Lipinski definition) is 2. The molecule has 0 amide bonds. The molecule has 2 aromatic rings. The second-order valence-corrected chi connectivity index (χ2v) is 4.75. The zero-order valence-corrected chi connectivity index (χ0v) is 10.6. The van der Waals surface area contributed by atoms with Crippen LogP contribution in [0.25, 0.3) is 0 Å². The molecule has 1 aromatic carbocycles. The molecule has 0 spiro atoms. The lowest BCUT2D eigenvalue weighted by Crippen LogP contribution is -2.11. The third-order valence-corrected chi connectivity index (χ3v) is 3.22. The van der Waals surface area contributed by atoms with E-state index in [1.807, 2.05) is 0 Å². The molecule has 1 heterocycles. The van der Waals surface area contributed by atoms with E-state index in [2.05, 4.69) is 10.3 Å². The molecule has 112 valence electrons. The maximum atomic E-state index is 13.4. The highest BCUT2D eigenvalue weighted by Crippen LogP contribution is 2.37. The lowest BCUT2D eigenvalue weighted by atomic mass is 10.3. The molecule has 10 heteroatoms. The summed E-state index contributed by atoms with van der Waals surface area (Å²) < 4.78 is 63.9. The quantitative estimate of drug-likeness (QED) is 0.841. The van der Waals surface area contributed by atoms with Crippen molar-refractivity contribution >= 4 is 28.1 Å². The Balaban J connectivity index is 2.39. The van der Waals surface area contributed by atoms with Crippen LogP contribution in [-0.2, 0) is 6.18 Å². The van der Waals surface area contributed by atoms with Crippen LogP contribution in [-0.4, -0.2) is 16.1 Å². The Morgan fingerprint density at radius 1 is 1.29 bits per heavy atom. The number of anilines is 2. The topological polar surface area (TPSA) is 62.2 Å². The van der Waals surface area contributed by atoms with E-state index in [9.17, 15) is 26.7 Å². The molecule has 0 aliphatic carbocycles. The number of aromatic nitrogens is 1. The van der Waals surface area contributed by atoms with Crippen LogP contribution < -0.4 is 5.32 Å². The standard InChI is InChI=1S/C11H5F5N2O2S/c12-4-1-2-6(5(13)3-4)17-10-18-8(11(14,15)16)7(21-10)9(19)20/h1-3H,(H,17,18)(H,19,20). The number of nitrogens with one attached hydrogen (secondary N) is 1. The van der Waals surface area contributed by atoms with Crippen molar-refractivity contribution in [2.24, 2.45) is 0 Å². The van der Waals surface area contributed by atoms with Crippen LogP contribution >= 0.6 is 11.3 Å². The average molecular weight is 324 g/mol. The van der Waals surface area contributed by atoms with Gasteiger partial charge in [0, 0.05) is 6.07 Å². The number of carbonyl (C=O) groups is 1. The van der Waals surface area contributed by atoms with Crippen LogP contribution in [0.1, 0.15) is 15.4 Å². The van der Waals surface area contributed by atoms with Gasteiger partial charge < -0.3 is 10.4 Å². The van der Waals surface area contributed by atoms with E-state index < -0.39 is 39.5 Å².